The van der Waals surface area contributed by atoms with E-state index in [9.17, 15) is 0 Å². The summed E-state index contributed by atoms with van der Waals surface area (Å²) in [7, 11) is 0. The summed E-state index contributed by atoms with van der Waals surface area (Å²) in [5.41, 5.74) is 3.03. The van der Waals surface area contributed by atoms with Gasteiger partial charge in [-0.2, -0.15) is 5.10 Å². The van der Waals surface area contributed by atoms with Crippen molar-refractivity contribution in [1.82, 2.24) is 20.2 Å². The number of H-pyrrole nitrogens is 1. The van der Waals surface area contributed by atoms with Crippen LogP contribution in [0.15, 0.2) is 36.8 Å². The summed E-state index contributed by atoms with van der Waals surface area (Å²) in [5, 5.41) is 12.2. The number of pyridine rings is 2. The maximum Gasteiger partial charge on any atom is 0.137 e. The van der Waals surface area contributed by atoms with Crippen LogP contribution in [0.3, 0.4) is 0 Å². The van der Waals surface area contributed by atoms with Crippen molar-refractivity contribution in [3.05, 3.63) is 48.0 Å². The van der Waals surface area contributed by atoms with E-state index in [1.807, 2.05) is 24.4 Å². The van der Waals surface area contributed by atoms with Crippen molar-refractivity contribution in [1.29, 1.82) is 0 Å². The summed E-state index contributed by atoms with van der Waals surface area (Å²) in [6.07, 6.45) is 15.9. The van der Waals surface area contributed by atoms with Crippen molar-refractivity contribution in [3.63, 3.8) is 0 Å². The lowest BCUT2D eigenvalue weighted by molar-refractivity contribution is 0.462. The topological polar surface area (TPSA) is 66.5 Å². The zero-order valence-electron chi connectivity index (χ0n) is 13.6. The minimum Gasteiger partial charge on any atom is -0.367 e. The summed E-state index contributed by atoms with van der Waals surface area (Å²) in [4.78, 5) is 8.62. The monoisotopic (exact) mass is 319 g/mol. The summed E-state index contributed by atoms with van der Waals surface area (Å²) >= 11 is 0. The van der Waals surface area contributed by atoms with Crippen molar-refractivity contribution >= 4 is 28.9 Å². The maximum atomic E-state index is 4.57. The lowest BCUT2D eigenvalue weighted by Gasteiger charge is -2.23. The van der Waals surface area contributed by atoms with Crippen LogP contribution in [0, 0.1) is 0 Å². The number of nitrogens with zero attached hydrogens (tertiary/aromatic N) is 3. The van der Waals surface area contributed by atoms with Gasteiger partial charge in [0, 0.05) is 24.6 Å². The fourth-order valence-electron chi connectivity index (χ4n) is 3.31. The third-order valence-corrected chi connectivity index (χ3v) is 4.59. The first-order chi connectivity index (χ1) is 11.9. The average molecular weight is 319 g/mol. The fourth-order valence-corrected chi connectivity index (χ4v) is 3.31. The van der Waals surface area contributed by atoms with Crippen molar-refractivity contribution < 1.29 is 0 Å². The Labute approximate surface area is 141 Å². The van der Waals surface area contributed by atoms with Gasteiger partial charge in [0.1, 0.15) is 5.82 Å². The van der Waals surface area contributed by atoms with Crippen LogP contribution in [0.2, 0.25) is 0 Å². The molecule has 0 amide bonds. The summed E-state index contributed by atoms with van der Waals surface area (Å²) in [6.45, 7) is 0. The molecule has 5 heteroatoms. The van der Waals surface area contributed by atoms with Crippen LogP contribution in [0.4, 0.5) is 5.82 Å². The van der Waals surface area contributed by atoms with E-state index in [1.165, 1.54) is 32.1 Å². The molecule has 0 spiro atoms. The molecule has 4 rings (SSSR count). The van der Waals surface area contributed by atoms with Gasteiger partial charge in [0.05, 0.1) is 16.6 Å². The summed E-state index contributed by atoms with van der Waals surface area (Å²) in [5.74, 6) is 0.933. The van der Waals surface area contributed by atoms with Crippen LogP contribution in [-0.4, -0.2) is 26.2 Å². The molecule has 0 aromatic carbocycles. The van der Waals surface area contributed by atoms with Crippen molar-refractivity contribution in [2.75, 3.05) is 5.32 Å². The molecule has 1 aliphatic carbocycles. The molecule has 0 aliphatic heterocycles. The van der Waals surface area contributed by atoms with Crippen LogP contribution in [-0.2, 0) is 0 Å². The average Bonchev–Trinajstić information content (AvgIpc) is 3.06. The van der Waals surface area contributed by atoms with Crippen LogP contribution >= 0.6 is 0 Å². The number of rotatable bonds is 4. The first-order valence-corrected chi connectivity index (χ1v) is 8.58. The molecule has 1 saturated carbocycles. The van der Waals surface area contributed by atoms with E-state index in [-0.39, 0.29) is 0 Å². The van der Waals surface area contributed by atoms with Crippen LogP contribution in [0.1, 0.15) is 43.4 Å². The van der Waals surface area contributed by atoms with E-state index < -0.39 is 0 Å². The molecular formula is C19H21N5. The highest BCUT2D eigenvalue weighted by atomic mass is 15.1. The summed E-state index contributed by atoms with van der Waals surface area (Å²) in [6, 6.07) is 6.42. The molecule has 0 saturated heterocycles. The standard InChI is InChI=1S/C19H21N5/c1-2-4-15(5-3-1)22-19-18-16(23-24-17(18)10-13-21-19)7-6-14-8-11-20-12-9-14/h6-13,15H,1-5H2,(H,21,22)(H,23,24)/b7-6+. The lowest BCUT2D eigenvalue weighted by Crippen LogP contribution is -2.22. The first-order valence-electron chi connectivity index (χ1n) is 8.58. The fraction of sp³-hybridized carbons (Fsp3) is 0.316. The minimum atomic E-state index is 0.517. The molecule has 3 aromatic heterocycles. The minimum absolute atomic E-state index is 0.517. The van der Waals surface area contributed by atoms with E-state index in [4.69, 9.17) is 0 Å². The molecule has 3 heterocycles. The van der Waals surface area contributed by atoms with Gasteiger partial charge in [-0.15, -0.1) is 0 Å². The van der Waals surface area contributed by atoms with Gasteiger partial charge in [-0.3, -0.25) is 10.1 Å². The first kappa shape index (κ1) is 14.9. The van der Waals surface area contributed by atoms with E-state index in [2.05, 4.69) is 37.6 Å². The highest BCUT2D eigenvalue weighted by Gasteiger charge is 2.16. The molecule has 1 fully saturated rings. The van der Waals surface area contributed by atoms with Crippen LogP contribution < -0.4 is 5.32 Å². The third kappa shape index (κ3) is 3.15. The highest BCUT2D eigenvalue weighted by Crippen LogP contribution is 2.28. The molecule has 122 valence electrons. The number of fused-ring (bicyclic) bond motifs is 1. The SMILES string of the molecule is C(=C\c1[nH]nc2ccnc(NC3CCCCC3)c12)/c1ccncc1. The molecule has 24 heavy (non-hydrogen) atoms. The molecular weight excluding hydrogens is 298 g/mol. The van der Waals surface area contributed by atoms with Gasteiger partial charge in [0.25, 0.3) is 0 Å². The van der Waals surface area contributed by atoms with Gasteiger partial charge >= 0.3 is 0 Å². The number of hydrogen-bond donors (Lipinski definition) is 2. The van der Waals surface area contributed by atoms with Gasteiger partial charge in [0.2, 0.25) is 0 Å². The molecule has 0 atom stereocenters. The molecule has 0 radical (unpaired) electrons. The van der Waals surface area contributed by atoms with E-state index >= 15 is 0 Å². The molecule has 0 unspecified atom stereocenters. The number of aromatic nitrogens is 4. The maximum absolute atomic E-state index is 4.57. The Bertz CT molecular complexity index is 831. The molecule has 5 nitrogen and oxygen atoms in total. The Hall–Kier alpha value is -2.69. The number of nitrogens with one attached hydrogen (secondary N) is 2. The van der Waals surface area contributed by atoms with Gasteiger partial charge in [-0.05, 0) is 42.7 Å². The van der Waals surface area contributed by atoms with Crippen LogP contribution in [0.5, 0.6) is 0 Å². The Morgan fingerprint density at radius 3 is 2.67 bits per heavy atom. The number of aromatic amines is 1. The predicted molar refractivity (Wildman–Crippen MR) is 97.5 cm³/mol. The zero-order chi connectivity index (χ0) is 16.2. The predicted octanol–water partition coefficient (Wildman–Crippen LogP) is 4.27. The van der Waals surface area contributed by atoms with E-state index in [0.29, 0.717) is 6.04 Å². The molecule has 1 aliphatic rings. The van der Waals surface area contributed by atoms with Gasteiger partial charge in [-0.25, -0.2) is 4.98 Å². The molecule has 2 N–H and O–H groups in total. The Morgan fingerprint density at radius 2 is 1.83 bits per heavy atom. The second-order valence-electron chi connectivity index (χ2n) is 6.28. The van der Waals surface area contributed by atoms with Crippen molar-refractivity contribution in [2.45, 2.75) is 38.1 Å². The summed E-state index contributed by atoms with van der Waals surface area (Å²) < 4.78 is 0. The molecule has 0 bridgehead atoms. The van der Waals surface area contributed by atoms with E-state index in [0.717, 1.165) is 28.0 Å². The Morgan fingerprint density at radius 1 is 1.00 bits per heavy atom. The number of anilines is 1. The normalized spacial score (nSPS) is 16.0. The third-order valence-electron chi connectivity index (χ3n) is 4.59. The highest BCUT2D eigenvalue weighted by molar-refractivity contribution is 5.97. The van der Waals surface area contributed by atoms with Crippen molar-refractivity contribution in [3.8, 4) is 0 Å². The Balaban J connectivity index is 1.65. The Kier molecular flexibility index (Phi) is 4.23. The zero-order valence-corrected chi connectivity index (χ0v) is 13.6. The van der Waals surface area contributed by atoms with E-state index in [1.54, 1.807) is 12.4 Å². The van der Waals surface area contributed by atoms with Gasteiger partial charge < -0.3 is 5.32 Å². The van der Waals surface area contributed by atoms with Crippen molar-refractivity contribution in [2.24, 2.45) is 0 Å². The largest absolute Gasteiger partial charge is 0.367 e. The van der Waals surface area contributed by atoms with Gasteiger partial charge in [0.15, 0.2) is 0 Å². The lowest BCUT2D eigenvalue weighted by atomic mass is 9.95. The molecule has 3 aromatic rings. The smallest absolute Gasteiger partial charge is 0.137 e. The van der Waals surface area contributed by atoms with Gasteiger partial charge in [-0.1, -0.05) is 25.3 Å². The number of hydrogen-bond acceptors (Lipinski definition) is 4. The second kappa shape index (κ2) is 6.83. The second-order valence-corrected chi connectivity index (χ2v) is 6.28. The quantitative estimate of drug-likeness (QED) is 0.753. The van der Waals surface area contributed by atoms with Crippen LogP contribution in [0.25, 0.3) is 23.1 Å².